The maximum absolute atomic E-state index is 11.8. The minimum atomic E-state index is -0.174. The van der Waals surface area contributed by atoms with Crippen LogP contribution >= 0.6 is 15.9 Å². The normalized spacial score (nSPS) is 11.4. The smallest absolute Gasteiger partial charge is 0.251 e. The fourth-order valence-corrected chi connectivity index (χ4v) is 2.33. The van der Waals surface area contributed by atoms with E-state index in [2.05, 4.69) is 25.9 Å². The van der Waals surface area contributed by atoms with Crippen molar-refractivity contribution in [3.63, 3.8) is 0 Å². The third-order valence-corrected chi connectivity index (χ3v) is 3.56. The van der Waals surface area contributed by atoms with Gasteiger partial charge in [0.15, 0.2) is 0 Å². The van der Waals surface area contributed by atoms with Gasteiger partial charge in [0.2, 0.25) is 0 Å². The van der Waals surface area contributed by atoms with Gasteiger partial charge in [-0.25, -0.2) is 4.98 Å². The molecular formula is C15H17BrN2O2. The van der Waals surface area contributed by atoms with Crippen molar-refractivity contribution in [2.24, 2.45) is 0 Å². The molecule has 0 bridgehead atoms. The number of benzene rings is 1. The van der Waals surface area contributed by atoms with Crippen LogP contribution in [0.15, 0.2) is 33.5 Å². The van der Waals surface area contributed by atoms with Gasteiger partial charge in [-0.2, -0.15) is 0 Å². The number of aromatic amines is 1. The Morgan fingerprint density at radius 1 is 1.25 bits per heavy atom. The van der Waals surface area contributed by atoms with Crippen molar-refractivity contribution in [2.45, 2.75) is 26.2 Å². The SMILES string of the molecule is COc1ccc(-c2nc(C(C)(C)C)cc(=O)[nH]2)cc1Br. The fourth-order valence-electron chi connectivity index (χ4n) is 1.79. The summed E-state index contributed by atoms with van der Waals surface area (Å²) in [5.74, 6) is 1.30. The maximum atomic E-state index is 11.8. The molecule has 0 saturated heterocycles. The molecule has 0 radical (unpaired) electrons. The van der Waals surface area contributed by atoms with Gasteiger partial charge in [0.25, 0.3) is 5.56 Å². The first kappa shape index (κ1) is 14.8. The van der Waals surface area contributed by atoms with Gasteiger partial charge in [-0.15, -0.1) is 0 Å². The van der Waals surface area contributed by atoms with Crippen LogP contribution in [0.3, 0.4) is 0 Å². The average molecular weight is 337 g/mol. The molecule has 1 heterocycles. The van der Waals surface area contributed by atoms with E-state index >= 15 is 0 Å². The summed E-state index contributed by atoms with van der Waals surface area (Å²) in [7, 11) is 1.61. The lowest BCUT2D eigenvalue weighted by molar-refractivity contribution is 0.412. The van der Waals surface area contributed by atoms with Crippen LogP contribution in [0.2, 0.25) is 0 Å². The van der Waals surface area contributed by atoms with E-state index in [1.165, 1.54) is 0 Å². The number of methoxy groups -OCH3 is 1. The van der Waals surface area contributed by atoms with Crippen molar-refractivity contribution in [1.29, 1.82) is 0 Å². The van der Waals surface area contributed by atoms with Crippen LogP contribution in [-0.4, -0.2) is 17.1 Å². The summed E-state index contributed by atoms with van der Waals surface area (Å²) in [5, 5.41) is 0. The number of hydrogen-bond acceptors (Lipinski definition) is 3. The van der Waals surface area contributed by atoms with Gasteiger partial charge < -0.3 is 9.72 Å². The Bertz CT molecular complexity index is 687. The highest BCUT2D eigenvalue weighted by Gasteiger charge is 2.17. The van der Waals surface area contributed by atoms with Gasteiger partial charge in [-0.1, -0.05) is 20.8 Å². The third kappa shape index (κ3) is 3.10. The van der Waals surface area contributed by atoms with E-state index in [0.29, 0.717) is 5.82 Å². The van der Waals surface area contributed by atoms with E-state index < -0.39 is 0 Å². The molecule has 1 N–H and O–H groups in total. The standard InChI is InChI=1S/C15H17BrN2O2/c1-15(2,3)12-8-13(19)18-14(17-12)9-5-6-11(20-4)10(16)7-9/h5-8H,1-4H3,(H,17,18,19). The minimum Gasteiger partial charge on any atom is -0.496 e. The molecule has 0 aliphatic heterocycles. The Labute approximate surface area is 126 Å². The maximum Gasteiger partial charge on any atom is 0.251 e. The van der Waals surface area contributed by atoms with Crippen LogP contribution in [0, 0.1) is 0 Å². The van der Waals surface area contributed by atoms with Crippen molar-refractivity contribution in [3.8, 4) is 17.1 Å². The molecule has 0 aliphatic rings. The average Bonchev–Trinajstić information content (AvgIpc) is 2.37. The lowest BCUT2D eigenvalue weighted by Crippen LogP contribution is -2.19. The Balaban J connectivity index is 2.56. The van der Waals surface area contributed by atoms with Crippen LogP contribution in [0.5, 0.6) is 5.75 Å². The second-order valence-electron chi connectivity index (χ2n) is 5.58. The molecule has 0 fully saturated rings. The predicted molar refractivity (Wildman–Crippen MR) is 83.2 cm³/mol. The van der Waals surface area contributed by atoms with Crippen molar-refractivity contribution >= 4 is 15.9 Å². The second kappa shape index (κ2) is 5.40. The van der Waals surface area contributed by atoms with Gasteiger partial charge in [-0.3, -0.25) is 4.79 Å². The third-order valence-electron chi connectivity index (χ3n) is 2.94. The first-order chi connectivity index (χ1) is 9.31. The summed E-state index contributed by atoms with van der Waals surface area (Å²) >= 11 is 3.44. The highest BCUT2D eigenvalue weighted by atomic mass is 79.9. The van der Waals surface area contributed by atoms with Crippen LogP contribution in [-0.2, 0) is 5.41 Å². The molecule has 4 nitrogen and oxygen atoms in total. The zero-order valence-corrected chi connectivity index (χ0v) is 13.5. The Morgan fingerprint density at radius 3 is 2.50 bits per heavy atom. The van der Waals surface area contributed by atoms with Crippen LogP contribution in [0.25, 0.3) is 11.4 Å². The highest BCUT2D eigenvalue weighted by Crippen LogP contribution is 2.29. The zero-order valence-electron chi connectivity index (χ0n) is 12.0. The molecule has 0 spiro atoms. The number of rotatable bonds is 2. The Hall–Kier alpha value is -1.62. The van der Waals surface area contributed by atoms with Crippen molar-refractivity contribution in [3.05, 3.63) is 44.8 Å². The molecule has 0 unspecified atom stereocenters. The molecule has 0 saturated carbocycles. The molecular weight excluding hydrogens is 320 g/mol. The fraction of sp³-hybridized carbons (Fsp3) is 0.333. The van der Waals surface area contributed by atoms with Crippen LogP contribution < -0.4 is 10.3 Å². The number of nitrogens with one attached hydrogen (secondary N) is 1. The van der Waals surface area contributed by atoms with Crippen molar-refractivity contribution in [2.75, 3.05) is 7.11 Å². The van der Waals surface area contributed by atoms with E-state index in [4.69, 9.17) is 4.74 Å². The second-order valence-corrected chi connectivity index (χ2v) is 6.43. The largest absolute Gasteiger partial charge is 0.496 e. The molecule has 5 heteroatoms. The van der Waals surface area contributed by atoms with E-state index in [1.807, 2.05) is 39.0 Å². The molecule has 106 valence electrons. The summed E-state index contributed by atoms with van der Waals surface area (Å²) in [5.41, 5.74) is 1.28. The first-order valence-corrected chi connectivity index (χ1v) is 7.06. The number of halogens is 1. The predicted octanol–water partition coefficient (Wildman–Crippen LogP) is 3.51. The lowest BCUT2D eigenvalue weighted by Gasteiger charge is -2.18. The number of nitrogens with zero attached hydrogens (tertiary/aromatic N) is 1. The Kier molecular flexibility index (Phi) is 3.99. The number of ether oxygens (including phenoxy) is 1. The van der Waals surface area contributed by atoms with E-state index in [0.717, 1.165) is 21.5 Å². The summed E-state index contributed by atoms with van der Waals surface area (Å²) in [6.07, 6.45) is 0. The zero-order chi connectivity index (χ0) is 14.9. The minimum absolute atomic E-state index is 0.146. The molecule has 0 aliphatic carbocycles. The molecule has 1 aromatic heterocycles. The first-order valence-electron chi connectivity index (χ1n) is 6.27. The monoisotopic (exact) mass is 336 g/mol. The molecule has 2 rings (SSSR count). The van der Waals surface area contributed by atoms with Gasteiger partial charge >= 0.3 is 0 Å². The number of hydrogen-bond donors (Lipinski definition) is 1. The topological polar surface area (TPSA) is 55.0 Å². The van der Waals surface area contributed by atoms with E-state index in [1.54, 1.807) is 13.2 Å². The molecule has 20 heavy (non-hydrogen) atoms. The molecule has 0 atom stereocenters. The Morgan fingerprint density at radius 2 is 1.95 bits per heavy atom. The van der Waals surface area contributed by atoms with Gasteiger partial charge in [-0.05, 0) is 34.1 Å². The van der Waals surface area contributed by atoms with Gasteiger partial charge in [0, 0.05) is 17.0 Å². The molecule has 2 aromatic rings. The number of H-pyrrole nitrogens is 1. The highest BCUT2D eigenvalue weighted by molar-refractivity contribution is 9.10. The van der Waals surface area contributed by atoms with E-state index in [9.17, 15) is 4.79 Å². The van der Waals surface area contributed by atoms with Crippen molar-refractivity contribution in [1.82, 2.24) is 9.97 Å². The van der Waals surface area contributed by atoms with Crippen LogP contribution in [0.1, 0.15) is 26.5 Å². The van der Waals surface area contributed by atoms with Crippen LogP contribution in [0.4, 0.5) is 0 Å². The van der Waals surface area contributed by atoms with E-state index in [-0.39, 0.29) is 11.0 Å². The lowest BCUT2D eigenvalue weighted by atomic mass is 9.92. The van der Waals surface area contributed by atoms with Gasteiger partial charge in [0.1, 0.15) is 11.6 Å². The molecule has 1 aromatic carbocycles. The summed E-state index contributed by atoms with van der Waals surface area (Å²) < 4.78 is 6.02. The summed E-state index contributed by atoms with van der Waals surface area (Å²) in [4.78, 5) is 19.1. The van der Waals surface area contributed by atoms with Gasteiger partial charge in [0.05, 0.1) is 17.3 Å². The summed E-state index contributed by atoms with van der Waals surface area (Å²) in [6, 6.07) is 7.13. The summed E-state index contributed by atoms with van der Waals surface area (Å²) in [6.45, 7) is 6.09. The van der Waals surface area contributed by atoms with Crippen molar-refractivity contribution < 1.29 is 4.74 Å². The molecule has 0 amide bonds. The number of aromatic nitrogens is 2. The quantitative estimate of drug-likeness (QED) is 0.912.